The quantitative estimate of drug-likeness (QED) is 0.367. The lowest BCUT2D eigenvalue weighted by atomic mass is 9.94. The zero-order valence-corrected chi connectivity index (χ0v) is 18.8. The van der Waals surface area contributed by atoms with Gasteiger partial charge in [0.15, 0.2) is 11.5 Å². The van der Waals surface area contributed by atoms with Crippen molar-refractivity contribution in [3.63, 3.8) is 0 Å². The molecule has 1 aliphatic rings. The standard InChI is InChI=1S/C28H23NO5/c1-3-33-20-14-12-18(13-15-20)25-24(26(30)23-16-19-9-5-7-11-22(19)34-23)27(31)28(32)29(25)21-10-6-4-8-17(21)2/h4-16,25,31H,3H2,1-2H3. The summed E-state index contributed by atoms with van der Waals surface area (Å²) < 4.78 is 11.3. The van der Waals surface area contributed by atoms with Gasteiger partial charge in [-0.1, -0.05) is 48.5 Å². The number of ether oxygens (including phenoxy) is 1. The highest BCUT2D eigenvalue weighted by Crippen LogP contribution is 2.43. The Morgan fingerprint density at radius 3 is 2.44 bits per heavy atom. The van der Waals surface area contributed by atoms with Gasteiger partial charge in [-0.15, -0.1) is 0 Å². The van der Waals surface area contributed by atoms with Crippen LogP contribution in [-0.4, -0.2) is 23.4 Å². The fraction of sp³-hybridized carbons (Fsp3) is 0.143. The molecule has 0 radical (unpaired) electrons. The second-order valence-corrected chi connectivity index (χ2v) is 8.11. The number of benzene rings is 3. The van der Waals surface area contributed by atoms with Gasteiger partial charge in [0.25, 0.3) is 5.91 Å². The summed E-state index contributed by atoms with van der Waals surface area (Å²) in [6.07, 6.45) is 0. The van der Waals surface area contributed by atoms with Gasteiger partial charge in [0.1, 0.15) is 11.3 Å². The number of hydrogen-bond acceptors (Lipinski definition) is 5. The van der Waals surface area contributed by atoms with E-state index < -0.39 is 23.5 Å². The molecule has 34 heavy (non-hydrogen) atoms. The molecule has 1 unspecified atom stereocenters. The van der Waals surface area contributed by atoms with Crippen molar-refractivity contribution in [1.29, 1.82) is 0 Å². The SMILES string of the molecule is CCOc1ccc(C2C(C(=O)c3cc4ccccc4o3)=C(O)C(=O)N2c2ccccc2C)cc1. The third-order valence-electron chi connectivity index (χ3n) is 5.98. The summed E-state index contributed by atoms with van der Waals surface area (Å²) in [5, 5.41) is 11.7. The lowest BCUT2D eigenvalue weighted by molar-refractivity contribution is -0.117. The minimum Gasteiger partial charge on any atom is -0.503 e. The lowest BCUT2D eigenvalue weighted by Gasteiger charge is -2.28. The predicted molar refractivity (Wildman–Crippen MR) is 129 cm³/mol. The molecule has 1 atom stereocenters. The maximum absolute atomic E-state index is 13.7. The van der Waals surface area contributed by atoms with Gasteiger partial charge < -0.3 is 14.3 Å². The molecule has 0 saturated heterocycles. The van der Waals surface area contributed by atoms with Gasteiger partial charge in [-0.3, -0.25) is 14.5 Å². The predicted octanol–water partition coefficient (Wildman–Crippen LogP) is 5.92. The largest absolute Gasteiger partial charge is 0.503 e. The van der Waals surface area contributed by atoms with Crippen LogP contribution in [0.25, 0.3) is 11.0 Å². The van der Waals surface area contributed by atoms with Crippen LogP contribution >= 0.6 is 0 Å². The average Bonchev–Trinajstić information content (AvgIpc) is 3.39. The molecular weight excluding hydrogens is 430 g/mol. The van der Waals surface area contributed by atoms with E-state index in [0.717, 1.165) is 10.9 Å². The molecule has 2 heterocycles. The highest BCUT2D eigenvalue weighted by molar-refractivity contribution is 6.20. The number of aliphatic hydroxyl groups is 1. The van der Waals surface area contributed by atoms with Crippen molar-refractivity contribution in [3.8, 4) is 5.75 Å². The number of aryl methyl sites for hydroxylation is 1. The number of fused-ring (bicyclic) bond motifs is 1. The number of aliphatic hydroxyl groups excluding tert-OH is 1. The van der Waals surface area contributed by atoms with E-state index in [9.17, 15) is 14.7 Å². The number of amides is 1. The second-order valence-electron chi connectivity index (χ2n) is 8.11. The van der Waals surface area contributed by atoms with Gasteiger partial charge in [0.05, 0.1) is 18.2 Å². The number of furan rings is 1. The number of hydrogen-bond donors (Lipinski definition) is 1. The van der Waals surface area contributed by atoms with Gasteiger partial charge in [0, 0.05) is 11.1 Å². The molecule has 4 aromatic rings. The number of anilines is 1. The van der Waals surface area contributed by atoms with Crippen molar-refractivity contribution in [1.82, 2.24) is 0 Å². The number of carbonyl (C=O) groups is 2. The molecule has 1 aromatic heterocycles. The zero-order chi connectivity index (χ0) is 23.8. The van der Waals surface area contributed by atoms with Crippen molar-refractivity contribution in [2.24, 2.45) is 0 Å². The van der Waals surface area contributed by atoms with E-state index in [0.29, 0.717) is 29.2 Å². The van der Waals surface area contributed by atoms with E-state index in [-0.39, 0.29) is 11.3 Å². The van der Waals surface area contributed by atoms with Crippen LogP contribution in [0, 0.1) is 6.92 Å². The first-order valence-electron chi connectivity index (χ1n) is 11.1. The summed E-state index contributed by atoms with van der Waals surface area (Å²) in [7, 11) is 0. The topological polar surface area (TPSA) is 80.0 Å². The maximum Gasteiger partial charge on any atom is 0.294 e. The zero-order valence-electron chi connectivity index (χ0n) is 18.8. The van der Waals surface area contributed by atoms with Gasteiger partial charge >= 0.3 is 0 Å². The maximum atomic E-state index is 13.7. The molecule has 0 spiro atoms. The van der Waals surface area contributed by atoms with Crippen molar-refractivity contribution in [2.75, 3.05) is 11.5 Å². The normalized spacial score (nSPS) is 15.9. The van der Waals surface area contributed by atoms with Crippen LogP contribution in [0.4, 0.5) is 5.69 Å². The van der Waals surface area contributed by atoms with Crippen LogP contribution in [0.15, 0.2) is 94.6 Å². The van der Waals surface area contributed by atoms with Gasteiger partial charge in [0.2, 0.25) is 5.78 Å². The van der Waals surface area contributed by atoms with Gasteiger partial charge in [-0.2, -0.15) is 0 Å². The van der Waals surface area contributed by atoms with E-state index in [1.54, 1.807) is 42.5 Å². The van der Waals surface area contributed by atoms with E-state index in [4.69, 9.17) is 9.15 Å². The average molecular weight is 453 g/mol. The molecule has 1 aliphatic heterocycles. The first-order valence-corrected chi connectivity index (χ1v) is 11.1. The minimum atomic E-state index is -0.829. The smallest absolute Gasteiger partial charge is 0.294 e. The summed E-state index contributed by atoms with van der Waals surface area (Å²) in [6, 6.07) is 22.6. The molecular formula is C28H23NO5. The van der Waals surface area contributed by atoms with Crippen LogP contribution < -0.4 is 9.64 Å². The molecule has 0 bridgehead atoms. The number of carbonyl (C=O) groups excluding carboxylic acids is 2. The second kappa shape index (κ2) is 8.56. The Bertz CT molecular complexity index is 1400. The van der Waals surface area contributed by atoms with Gasteiger partial charge in [-0.25, -0.2) is 0 Å². The van der Waals surface area contributed by atoms with Crippen LogP contribution in [0.2, 0.25) is 0 Å². The number of ketones is 1. The number of Topliss-reactive ketones (excluding diaryl/α,β-unsaturated/α-hetero) is 1. The van der Waals surface area contributed by atoms with E-state index in [1.807, 2.05) is 50.2 Å². The number of rotatable bonds is 6. The van der Waals surface area contributed by atoms with E-state index in [1.165, 1.54) is 4.90 Å². The highest BCUT2D eigenvalue weighted by Gasteiger charge is 2.45. The Balaban J connectivity index is 1.65. The van der Waals surface area contributed by atoms with E-state index in [2.05, 4.69) is 0 Å². The summed E-state index contributed by atoms with van der Waals surface area (Å²) in [4.78, 5) is 28.5. The lowest BCUT2D eigenvalue weighted by Crippen LogP contribution is -2.31. The first kappa shape index (κ1) is 21.5. The Labute approximate surface area is 196 Å². The molecule has 0 aliphatic carbocycles. The van der Waals surface area contributed by atoms with Crippen molar-refractivity contribution < 1.29 is 23.8 Å². The number of nitrogens with zero attached hydrogens (tertiary/aromatic N) is 1. The molecule has 0 fully saturated rings. The summed E-state index contributed by atoms with van der Waals surface area (Å²) in [5.41, 5.74) is 2.67. The monoisotopic (exact) mass is 453 g/mol. The molecule has 1 N–H and O–H groups in total. The molecule has 170 valence electrons. The highest BCUT2D eigenvalue weighted by atomic mass is 16.5. The third kappa shape index (κ3) is 3.53. The summed E-state index contributed by atoms with van der Waals surface area (Å²) >= 11 is 0. The van der Waals surface area contributed by atoms with Crippen LogP contribution in [0.3, 0.4) is 0 Å². The fourth-order valence-corrected chi connectivity index (χ4v) is 4.37. The molecule has 1 amide bonds. The molecule has 0 saturated carbocycles. The molecule has 3 aromatic carbocycles. The van der Waals surface area contributed by atoms with Crippen molar-refractivity contribution in [2.45, 2.75) is 19.9 Å². The molecule has 6 nitrogen and oxygen atoms in total. The van der Waals surface area contributed by atoms with Crippen molar-refractivity contribution in [3.05, 3.63) is 107 Å². The molecule has 6 heteroatoms. The Hall–Kier alpha value is -4.32. The Morgan fingerprint density at radius 2 is 1.74 bits per heavy atom. The van der Waals surface area contributed by atoms with Gasteiger partial charge in [-0.05, 0) is 55.3 Å². The molecule has 5 rings (SSSR count). The van der Waals surface area contributed by atoms with Crippen LogP contribution in [-0.2, 0) is 4.79 Å². The Kier molecular flexibility index (Phi) is 5.42. The van der Waals surface area contributed by atoms with Crippen LogP contribution in [0.5, 0.6) is 5.75 Å². The fourth-order valence-electron chi connectivity index (χ4n) is 4.37. The van der Waals surface area contributed by atoms with E-state index >= 15 is 0 Å². The third-order valence-corrected chi connectivity index (χ3v) is 5.98. The van der Waals surface area contributed by atoms with Crippen LogP contribution in [0.1, 0.15) is 34.6 Å². The Morgan fingerprint density at radius 1 is 1.03 bits per heavy atom. The summed E-state index contributed by atoms with van der Waals surface area (Å²) in [5.74, 6) is -0.994. The number of para-hydroxylation sites is 2. The first-order chi connectivity index (χ1) is 16.5. The minimum absolute atomic E-state index is 0.0172. The summed E-state index contributed by atoms with van der Waals surface area (Å²) in [6.45, 7) is 4.30. The van der Waals surface area contributed by atoms with Crippen molar-refractivity contribution >= 4 is 28.3 Å².